The first-order valence-corrected chi connectivity index (χ1v) is 5.68. The average Bonchev–Trinajstić information content (AvgIpc) is 2.47. The molecule has 3 nitrogen and oxygen atoms in total. The standard InChI is InChI=1S/C14H10ClNO2/c15-14(16-18)13(17)12-8-6-11(7-9-12)10-4-2-1-3-5-10/h1-9,18H/b16-14+. The van der Waals surface area contributed by atoms with Gasteiger partial charge in [0.15, 0.2) is 0 Å². The maximum atomic E-state index is 11.6. The van der Waals surface area contributed by atoms with Gasteiger partial charge in [0.1, 0.15) is 0 Å². The lowest BCUT2D eigenvalue weighted by atomic mass is 10.0. The Morgan fingerprint density at radius 1 is 0.944 bits per heavy atom. The van der Waals surface area contributed by atoms with Crippen molar-refractivity contribution in [2.45, 2.75) is 0 Å². The second-order valence-corrected chi connectivity index (χ2v) is 4.02. The fourth-order valence-electron chi connectivity index (χ4n) is 1.61. The maximum absolute atomic E-state index is 11.6. The van der Waals surface area contributed by atoms with Crippen LogP contribution < -0.4 is 0 Å². The predicted molar refractivity (Wildman–Crippen MR) is 71.3 cm³/mol. The molecule has 2 aromatic carbocycles. The zero-order chi connectivity index (χ0) is 13.0. The van der Waals surface area contributed by atoms with Crippen molar-refractivity contribution in [2.24, 2.45) is 5.16 Å². The Bertz CT molecular complexity index is 577. The molecule has 0 aliphatic rings. The van der Waals surface area contributed by atoms with Crippen LogP contribution in [-0.2, 0) is 0 Å². The third-order valence-corrected chi connectivity index (χ3v) is 2.78. The number of halogens is 1. The molecule has 0 aliphatic heterocycles. The van der Waals surface area contributed by atoms with Crippen molar-refractivity contribution in [3.63, 3.8) is 0 Å². The van der Waals surface area contributed by atoms with Gasteiger partial charge in [0.2, 0.25) is 11.0 Å². The molecule has 2 aromatic rings. The molecule has 0 aliphatic carbocycles. The van der Waals surface area contributed by atoms with Gasteiger partial charge in [0.05, 0.1) is 0 Å². The van der Waals surface area contributed by atoms with Gasteiger partial charge in [-0.2, -0.15) is 0 Å². The fourth-order valence-corrected chi connectivity index (χ4v) is 1.72. The first kappa shape index (κ1) is 12.3. The number of Topliss-reactive ketones (excluding diaryl/α,β-unsaturated/α-hetero) is 1. The number of benzene rings is 2. The Balaban J connectivity index is 2.29. The van der Waals surface area contributed by atoms with E-state index in [0.29, 0.717) is 5.56 Å². The molecule has 0 unspecified atom stereocenters. The molecule has 0 spiro atoms. The van der Waals surface area contributed by atoms with Gasteiger partial charge in [0, 0.05) is 5.56 Å². The van der Waals surface area contributed by atoms with Gasteiger partial charge in [-0.05, 0) is 11.1 Å². The zero-order valence-corrected chi connectivity index (χ0v) is 10.1. The van der Waals surface area contributed by atoms with Gasteiger partial charge in [-0.1, -0.05) is 71.4 Å². The molecule has 0 saturated heterocycles. The summed E-state index contributed by atoms with van der Waals surface area (Å²) >= 11 is 5.46. The van der Waals surface area contributed by atoms with E-state index in [0.717, 1.165) is 11.1 Å². The number of carbonyl (C=O) groups is 1. The van der Waals surface area contributed by atoms with Crippen molar-refractivity contribution in [2.75, 3.05) is 0 Å². The highest BCUT2D eigenvalue weighted by atomic mass is 35.5. The van der Waals surface area contributed by atoms with E-state index in [1.807, 2.05) is 42.5 Å². The monoisotopic (exact) mass is 259 g/mol. The molecule has 4 heteroatoms. The molecule has 0 heterocycles. The smallest absolute Gasteiger partial charge is 0.226 e. The van der Waals surface area contributed by atoms with E-state index in [1.165, 1.54) is 0 Å². The van der Waals surface area contributed by atoms with E-state index in [1.54, 1.807) is 12.1 Å². The summed E-state index contributed by atoms with van der Waals surface area (Å²) < 4.78 is 0. The Morgan fingerprint density at radius 2 is 1.50 bits per heavy atom. The molecular formula is C14H10ClNO2. The summed E-state index contributed by atoms with van der Waals surface area (Å²) in [5.74, 6) is -0.501. The number of hydrogen-bond acceptors (Lipinski definition) is 3. The SMILES string of the molecule is O=C(/C(Cl)=N\O)c1ccc(-c2ccccc2)cc1. The van der Waals surface area contributed by atoms with Crippen molar-refractivity contribution >= 4 is 22.6 Å². The van der Waals surface area contributed by atoms with Gasteiger partial charge in [-0.3, -0.25) is 4.79 Å². The van der Waals surface area contributed by atoms with E-state index in [4.69, 9.17) is 16.8 Å². The Morgan fingerprint density at radius 3 is 2.06 bits per heavy atom. The molecule has 1 N–H and O–H groups in total. The Kier molecular flexibility index (Phi) is 3.75. The molecule has 0 atom stereocenters. The van der Waals surface area contributed by atoms with E-state index in [-0.39, 0.29) is 0 Å². The average molecular weight is 260 g/mol. The van der Waals surface area contributed by atoms with Crippen molar-refractivity contribution in [3.05, 3.63) is 60.2 Å². The molecule has 0 aromatic heterocycles. The fraction of sp³-hybridized carbons (Fsp3) is 0. The van der Waals surface area contributed by atoms with Crippen molar-refractivity contribution < 1.29 is 10.0 Å². The molecule has 0 saturated carbocycles. The lowest BCUT2D eigenvalue weighted by molar-refractivity contribution is 0.106. The second-order valence-electron chi connectivity index (χ2n) is 3.66. The zero-order valence-electron chi connectivity index (χ0n) is 9.38. The van der Waals surface area contributed by atoms with E-state index < -0.39 is 11.0 Å². The highest BCUT2D eigenvalue weighted by Crippen LogP contribution is 2.19. The summed E-state index contributed by atoms with van der Waals surface area (Å²) in [6.45, 7) is 0. The lowest BCUT2D eigenvalue weighted by Gasteiger charge is -2.02. The summed E-state index contributed by atoms with van der Waals surface area (Å²) in [6, 6.07) is 16.8. The summed E-state index contributed by atoms with van der Waals surface area (Å²) in [6.07, 6.45) is 0. The van der Waals surface area contributed by atoms with Crippen LogP contribution in [0.2, 0.25) is 0 Å². The molecule has 0 fully saturated rings. The molecule has 0 radical (unpaired) electrons. The number of carbonyl (C=O) groups excluding carboxylic acids is 1. The van der Waals surface area contributed by atoms with Crippen molar-refractivity contribution in [1.29, 1.82) is 0 Å². The molecule has 18 heavy (non-hydrogen) atoms. The van der Waals surface area contributed by atoms with Crippen molar-refractivity contribution in [3.8, 4) is 11.1 Å². The Labute approximate surface area is 109 Å². The normalized spacial score (nSPS) is 11.3. The maximum Gasteiger partial charge on any atom is 0.226 e. The van der Waals surface area contributed by atoms with Crippen LogP contribution in [0.1, 0.15) is 10.4 Å². The van der Waals surface area contributed by atoms with Gasteiger partial charge in [-0.15, -0.1) is 0 Å². The first-order valence-electron chi connectivity index (χ1n) is 5.30. The minimum absolute atomic E-state index is 0.387. The minimum atomic E-state index is -0.501. The molecule has 2 rings (SSSR count). The molecule has 0 amide bonds. The quantitative estimate of drug-likeness (QED) is 0.397. The summed E-state index contributed by atoms with van der Waals surface area (Å²) in [4.78, 5) is 11.6. The first-order chi connectivity index (χ1) is 8.72. The summed E-state index contributed by atoms with van der Waals surface area (Å²) in [5.41, 5.74) is 2.46. The number of hydrogen-bond donors (Lipinski definition) is 1. The molecule has 0 bridgehead atoms. The lowest BCUT2D eigenvalue weighted by Crippen LogP contribution is -2.07. The van der Waals surface area contributed by atoms with E-state index >= 15 is 0 Å². The largest absolute Gasteiger partial charge is 0.410 e. The number of rotatable bonds is 3. The second kappa shape index (κ2) is 5.47. The van der Waals surface area contributed by atoms with Crippen LogP contribution in [0.15, 0.2) is 59.8 Å². The number of nitrogens with zero attached hydrogens (tertiary/aromatic N) is 1. The van der Waals surface area contributed by atoms with Crippen LogP contribution in [0.25, 0.3) is 11.1 Å². The molecule has 90 valence electrons. The third-order valence-electron chi connectivity index (χ3n) is 2.53. The van der Waals surface area contributed by atoms with Gasteiger partial charge < -0.3 is 5.21 Å². The Hall–Kier alpha value is -2.13. The molecular weight excluding hydrogens is 250 g/mol. The van der Waals surface area contributed by atoms with Crippen LogP contribution in [0.3, 0.4) is 0 Å². The van der Waals surface area contributed by atoms with Crippen LogP contribution in [0, 0.1) is 0 Å². The number of oxime groups is 1. The third kappa shape index (κ3) is 2.57. The van der Waals surface area contributed by atoms with Gasteiger partial charge >= 0.3 is 0 Å². The number of ketones is 1. The van der Waals surface area contributed by atoms with Crippen LogP contribution >= 0.6 is 11.6 Å². The van der Waals surface area contributed by atoms with Crippen LogP contribution in [0.5, 0.6) is 0 Å². The van der Waals surface area contributed by atoms with Crippen molar-refractivity contribution in [1.82, 2.24) is 0 Å². The van der Waals surface area contributed by atoms with Gasteiger partial charge in [-0.25, -0.2) is 0 Å². The highest BCUT2D eigenvalue weighted by molar-refractivity contribution is 6.84. The summed E-state index contributed by atoms with van der Waals surface area (Å²) in [7, 11) is 0. The minimum Gasteiger partial charge on any atom is -0.410 e. The van der Waals surface area contributed by atoms with Crippen LogP contribution in [0.4, 0.5) is 0 Å². The van der Waals surface area contributed by atoms with Gasteiger partial charge in [0.25, 0.3) is 0 Å². The topological polar surface area (TPSA) is 49.7 Å². The predicted octanol–water partition coefficient (Wildman–Crippen LogP) is 3.56. The van der Waals surface area contributed by atoms with E-state index in [2.05, 4.69) is 5.16 Å². The van der Waals surface area contributed by atoms with E-state index in [9.17, 15) is 4.79 Å². The highest BCUT2D eigenvalue weighted by Gasteiger charge is 2.11. The summed E-state index contributed by atoms with van der Waals surface area (Å²) in [5, 5.41) is 10.7. The van der Waals surface area contributed by atoms with Crippen LogP contribution in [-0.4, -0.2) is 16.2 Å².